The van der Waals surface area contributed by atoms with Crippen LogP contribution in [-0.2, 0) is 29.8 Å². The number of hydrogen-bond donors (Lipinski definition) is 4. The fourth-order valence-electron chi connectivity index (χ4n) is 4.67. The number of ketones is 2. The van der Waals surface area contributed by atoms with Crippen LogP contribution in [0.3, 0.4) is 0 Å². The summed E-state index contributed by atoms with van der Waals surface area (Å²) in [5.41, 5.74) is 8.86. The van der Waals surface area contributed by atoms with Crippen LogP contribution in [0.25, 0.3) is 12.2 Å². The van der Waals surface area contributed by atoms with Crippen LogP contribution in [0.5, 0.6) is 0 Å². The van der Waals surface area contributed by atoms with Gasteiger partial charge in [0.25, 0.3) is 20.2 Å². The van der Waals surface area contributed by atoms with Crippen LogP contribution >= 0.6 is 11.8 Å². The summed E-state index contributed by atoms with van der Waals surface area (Å²) in [6, 6.07) is 22.4. The van der Waals surface area contributed by atoms with E-state index in [-0.39, 0.29) is 32.8 Å². The van der Waals surface area contributed by atoms with Gasteiger partial charge in [0.05, 0.1) is 21.2 Å². The summed E-state index contributed by atoms with van der Waals surface area (Å²) >= 11 is 1.49. The molecule has 12 nitrogen and oxygen atoms in total. The largest absolute Gasteiger partial charge is 0.294 e. The van der Waals surface area contributed by atoms with Gasteiger partial charge in [-0.25, -0.2) is 0 Å². The maximum absolute atomic E-state index is 12.5. The highest BCUT2D eigenvalue weighted by molar-refractivity contribution is 7.99. The SMILES string of the molecule is O=C1C=Cc2cc(S(=O)(=O)O)ccc2/C1=N/Nc1ccc(Sc2ccc(N/N=C3\C(=O)C=Cc4cc(S(=O)(=O)O)ccc43)cc2)cc1. The van der Waals surface area contributed by atoms with Gasteiger partial charge in [0.15, 0.2) is 0 Å². The Balaban J connectivity index is 1.10. The van der Waals surface area contributed by atoms with Gasteiger partial charge in [-0.2, -0.15) is 27.0 Å². The van der Waals surface area contributed by atoms with Crippen LogP contribution in [0.2, 0.25) is 0 Å². The van der Waals surface area contributed by atoms with Crippen molar-refractivity contribution >= 4 is 78.5 Å². The quantitative estimate of drug-likeness (QED) is 0.141. The Morgan fingerprint density at radius 2 is 0.915 bits per heavy atom. The fraction of sp³-hybridized carbons (Fsp3) is 0. The van der Waals surface area contributed by atoms with E-state index in [1.807, 2.05) is 24.3 Å². The molecular formula is C32H22N4O8S3. The van der Waals surface area contributed by atoms with Crippen LogP contribution in [-0.4, -0.2) is 48.9 Å². The minimum absolute atomic E-state index is 0.0986. The molecule has 6 rings (SSSR count). The standard InChI is InChI=1S/C32H22N4O8S3/c37-29-15-1-19-17-25(46(39,40)41)11-13-27(19)31(29)35-33-21-3-7-23(8-4-21)45-24-9-5-22(6-10-24)34-36-32-28-14-12-26(47(42,43)44)18-20(28)2-16-30(32)38/h1-18,33-34H,(H,39,40,41)(H,42,43,44)/b35-31-,36-32-. The summed E-state index contributed by atoms with van der Waals surface area (Å²) in [7, 11) is -8.78. The van der Waals surface area contributed by atoms with Gasteiger partial charge < -0.3 is 0 Å². The number of carbonyl (C=O) groups excluding carboxylic acids is 2. The highest BCUT2D eigenvalue weighted by atomic mass is 32.2. The van der Waals surface area contributed by atoms with Crippen LogP contribution < -0.4 is 10.9 Å². The van der Waals surface area contributed by atoms with E-state index in [4.69, 9.17) is 0 Å². The number of hydrazone groups is 2. The number of benzene rings is 4. The molecule has 0 spiro atoms. The zero-order valence-corrected chi connectivity index (χ0v) is 26.3. The molecular weight excluding hydrogens is 665 g/mol. The van der Waals surface area contributed by atoms with E-state index in [0.717, 1.165) is 9.79 Å². The number of anilines is 2. The Labute approximate surface area is 273 Å². The van der Waals surface area contributed by atoms with Gasteiger partial charge in [-0.3, -0.25) is 29.5 Å². The topological polar surface area (TPSA) is 192 Å². The van der Waals surface area contributed by atoms with Gasteiger partial charge in [-0.15, -0.1) is 0 Å². The average molecular weight is 687 g/mol. The Morgan fingerprint density at radius 1 is 0.532 bits per heavy atom. The summed E-state index contributed by atoms with van der Waals surface area (Å²) < 4.78 is 64.5. The normalized spacial score (nSPS) is 15.9. The van der Waals surface area contributed by atoms with Crippen molar-refractivity contribution < 1.29 is 35.5 Å². The second-order valence-corrected chi connectivity index (χ2v) is 14.1. The van der Waals surface area contributed by atoms with E-state index in [0.29, 0.717) is 33.6 Å². The lowest BCUT2D eigenvalue weighted by Crippen LogP contribution is -2.19. The molecule has 0 fully saturated rings. The zero-order valence-electron chi connectivity index (χ0n) is 23.9. The Morgan fingerprint density at radius 3 is 1.28 bits per heavy atom. The predicted molar refractivity (Wildman–Crippen MR) is 178 cm³/mol. The van der Waals surface area contributed by atoms with Crippen molar-refractivity contribution in [3.8, 4) is 0 Å². The summed E-state index contributed by atoms with van der Waals surface area (Å²) in [6.45, 7) is 0. The highest BCUT2D eigenvalue weighted by Crippen LogP contribution is 2.30. The molecule has 0 aromatic heterocycles. The van der Waals surface area contributed by atoms with E-state index in [9.17, 15) is 35.5 Å². The summed E-state index contributed by atoms with van der Waals surface area (Å²) in [5.74, 6) is -0.718. The molecule has 0 saturated carbocycles. The first-order valence-corrected chi connectivity index (χ1v) is 17.3. The molecule has 4 aromatic carbocycles. The minimum Gasteiger partial charge on any atom is -0.287 e. The molecule has 47 heavy (non-hydrogen) atoms. The molecule has 0 radical (unpaired) electrons. The number of hydrogen-bond acceptors (Lipinski definition) is 11. The number of fused-ring (bicyclic) bond motifs is 2. The number of rotatable bonds is 8. The van der Waals surface area contributed by atoms with Crippen molar-refractivity contribution in [3.05, 3.63) is 119 Å². The molecule has 236 valence electrons. The second-order valence-electron chi connectivity index (χ2n) is 10.1. The third-order valence-corrected chi connectivity index (χ3v) is 9.70. The third-order valence-electron chi connectivity index (χ3n) is 6.99. The fourth-order valence-corrected chi connectivity index (χ4v) is 6.51. The minimum atomic E-state index is -4.39. The lowest BCUT2D eigenvalue weighted by Gasteiger charge is -2.13. The second kappa shape index (κ2) is 12.5. The molecule has 2 aliphatic rings. The molecule has 0 amide bonds. The molecule has 0 saturated heterocycles. The first-order valence-electron chi connectivity index (χ1n) is 13.6. The molecule has 2 aliphatic carbocycles. The van der Waals surface area contributed by atoms with Crippen molar-refractivity contribution in [3.63, 3.8) is 0 Å². The first-order chi connectivity index (χ1) is 22.3. The molecule has 0 atom stereocenters. The van der Waals surface area contributed by atoms with Crippen molar-refractivity contribution in [2.45, 2.75) is 19.6 Å². The maximum atomic E-state index is 12.5. The van der Waals surface area contributed by atoms with Gasteiger partial charge in [-0.05, 0) is 96.1 Å². The highest BCUT2D eigenvalue weighted by Gasteiger charge is 2.23. The number of carbonyl (C=O) groups is 2. The van der Waals surface area contributed by atoms with Gasteiger partial charge in [0.2, 0.25) is 11.6 Å². The Kier molecular flexibility index (Phi) is 8.48. The molecule has 0 bridgehead atoms. The van der Waals surface area contributed by atoms with Crippen molar-refractivity contribution in [2.75, 3.05) is 10.9 Å². The van der Waals surface area contributed by atoms with Gasteiger partial charge in [-0.1, -0.05) is 36.0 Å². The Hall–Kier alpha value is -5.19. The van der Waals surface area contributed by atoms with Crippen molar-refractivity contribution in [1.29, 1.82) is 0 Å². The Bertz CT molecular complexity index is 2130. The maximum Gasteiger partial charge on any atom is 0.294 e. The van der Waals surface area contributed by atoms with Crippen molar-refractivity contribution in [2.24, 2.45) is 10.2 Å². The van der Waals surface area contributed by atoms with Crippen LogP contribution in [0.1, 0.15) is 22.3 Å². The van der Waals surface area contributed by atoms with E-state index in [1.54, 1.807) is 24.3 Å². The summed E-state index contributed by atoms with van der Waals surface area (Å²) in [4.78, 5) is 26.2. The number of allylic oxidation sites excluding steroid dienone is 2. The van der Waals surface area contributed by atoms with Gasteiger partial charge >= 0.3 is 0 Å². The lowest BCUT2D eigenvalue weighted by atomic mass is 9.95. The van der Waals surface area contributed by atoms with Gasteiger partial charge in [0, 0.05) is 20.9 Å². The third kappa shape index (κ3) is 7.14. The predicted octanol–water partition coefficient (Wildman–Crippen LogP) is 5.16. The van der Waals surface area contributed by atoms with Crippen LogP contribution in [0, 0.1) is 0 Å². The summed E-state index contributed by atoms with van der Waals surface area (Å²) in [6.07, 6.45) is 5.49. The molecule has 0 aliphatic heterocycles. The van der Waals surface area contributed by atoms with E-state index in [1.165, 1.54) is 72.5 Å². The van der Waals surface area contributed by atoms with E-state index < -0.39 is 20.2 Å². The van der Waals surface area contributed by atoms with Gasteiger partial charge in [0.1, 0.15) is 11.4 Å². The van der Waals surface area contributed by atoms with Crippen LogP contribution in [0.15, 0.2) is 127 Å². The molecule has 4 N–H and O–H groups in total. The molecule has 0 heterocycles. The van der Waals surface area contributed by atoms with Crippen molar-refractivity contribution in [1.82, 2.24) is 0 Å². The molecule has 4 aromatic rings. The number of nitrogens with one attached hydrogen (secondary N) is 2. The lowest BCUT2D eigenvalue weighted by molar-refractivity contribution is -0.109. The van der Waals surface area contributed by atoms with Crippen LogP contribution in [0.4, 0.5) is 11.4 Å². The zero-order chi connectivity index (χ0) is 33.3. The average Bonchev–Trinajstić information content (AvgIpc) is 3.04. The smallest absolute Gasteiger partial charge is 0.287 e. The number of nitrogens with zero attached hydrogens (tertiary/aromatic N) is 2. The molecule has 0 unspecified atom stereocenters. The monoisotopic (exact) mass is 686 g/mol. The first kappa shape index (κ1) is 31.8. The summed E-state index contributed by atoms with van der Waals surface area (Å²) in [5, 5.41) is 8.49. The van der Waals surface area contributed by atoms with E-state index in [2.05, 4.69) is 21.1 Å². The molecule has 15 heteroatoms. The van der Waals surface area contributed by atoms with E-state index >= 15 is 0 Å².